The summed E-state index contributed by atoms with van der Waals surface area (Å²) in [5, 5.41) is 0. The Hall–Kier alpha value is -2.29. The molecule has 0 saturated carbocycles. The molecule has 0 rings (SSSR count). The van der Waals surface area contributed by atoms with Crippen LogP contribution in [0, 0.1) is 0 Å². The van der Waals surface area contributed by atoms with Crippen molar-refractivity contribution in [3.63, 3.8) is 0 Å². The topological polar surface area (TPSA) is 111 Å². The van der Waals surface area contributed by atoms with Gasteiger partial charge in [-0.05, 0) is 51.4 Å². The fourth-order valence-electron chi connectivity index (χ4n) is 6.64. The van der Waals surface area contributed by atoms with Crippen molar-refractivity contribution in [3.8, 4) is 0 Å². The van der Waals surface area contributed by atoms with E-state index in [0.29, 0.717) is 23.9 Å². The first kappa shape index (κ1) is 59.7. The zero-order valence-electron chi connectivity index (χ0n) is 40.6. The number of ether oxygens (including phenoxy) is 2. The molecule has 10 heteroatoms. The fourth-order valence-corrected chi connectivity index (χ4v) is 7.37. The Bertz CT molecular complexity index is 1240. The van der Waals surface area contributed by atoms with Gasteiger partial charge in [0.1, 0.15) is 19.8 Å². The number of likely N-dealkylation sites (N-methyl/N-ethyl adjacent to an activating group) is 1. The minimum absolute atomic E-state index is 0.0426. The number of carbonyl (C=O) groups excluding carboxylic acids is 2. The number of esters is 2. The van der Waals surface area contributed by atoms with E-state index in [1.165, 1.54) is 122 Å². The molecule has 0 fully saturated rings. The lowest BCUT2D eigenvalue weighted by Crippen LogP contribution is -2.37. The van der Waals surface area contributed by atoms with Gasteiger partial charge in [-0.2, -0.15) is 0 Å². The Labute approximate surface area is 381 Å². The fraction of sp³-hybridized carbons (Fsp3) is 0.769. The van der Waals surface area contributed by atoms with Gasteiger partial charge in [-0.1, -0.05) is 203 Å². The molecule has 0 aromatic rings. The van der Waals surface area contributed by atoms with Gasteiger partial charge in [0.2, 0.25) is 0 Å². The van der Waals surface area contributed by atoms with Crippen molar-refractivity contribution >= 4 is 19.8 Å². The number of allylic oxidation sites excluding steroid dienone is 10. The van der Waals surface area contributed by atoms with Gasteiger partial charge in [0.25, 0.3) is 7.82 Å². The molecule has 0 bridgehead atoms. The molecule has 9 nitrogen and oxygen atoms in total. The summed E-state index contributed by atoms with van der Waals surface area (Å²) in [4.78, 5) is 37.6. The van der Waals surface area contributed by atoms with E-state index >= 15 is 0 Å². The Morgan fingerprint density at radius 1 is 0.500 bits per heavy atom. The van der Waals surface area contributed by atoms with Crippen LogP contribution in [0.25, 0.3) is 0 Å². The van der Waals surface area contributed by atoms with Crippen LogP contribution >= 0.6 is 7.82 Å². The van der Waals surface area contributed by atoms with E-state index < -0.39 is 32.5 Å². The van der Waals surface area contributed by atoms with Crippen LogP contribution in [0.2, 0.25) is 0 Å². The number of phosphoric acid groups is 1. The number of phosphoric ester groups is 1. The number of nitrogens with zero attached hydrogens (tertiary/aromatic N) is 1. The van der Waals surface area contributed by atoms with Gasteiger partial charge in [0.15, 0.2) is 6.10 Å². The van der Waals surface area contributed by atoms with Gasteiger partial charge in [-0.3, -0.25) is 14.2 Å². The van der Waals surface area contributed by atoms with E-state index in [-0.39, 0.29) is 26.1 Å². The molecular formula is C52H94NO8P. The van der Waals surface area contributed by atoms with Crippen LogP contribution in [-0.4, -0.2) is 70.0 Å². The van der Waals surface area contributed by atoms with Crippen molar-refractivity contribution in [2.45, 2.75) is 213 Å². The average molecular weight is 892 g/mol. The Balaban J connectivity index is 4.38. The van der Waals surface area contributed by atoms with Gasteiger partial charge in [0.05, 0.1) is 27.7 Å². The Morgan fingerprint density at radius 3 is 1.35 bits per heavy atom. The molecule has 2 atom stereocenters. The molecule has 1 unspecified atom stereocenters. The third kappa shape index (κ3) is 47.2. The van der Waals surface area contributed by atoms with E-state index in [0.717, 1.165) is 44.9 Å². The highest BCUT2D eigenvalue weighted by atomic mass is 31.2. The average Bonchev–Trinajstić information content (AvgIpc) is 3.23. The summed E-state index contributed by atoms with van der Waals surface area (Å²) < 4.78 is 33.9. The molecule has 0 saturated heterocycles. The zero-order chi connectivity index (χ0) is 45.7. The van der Waals surface area contributed by atoms with Crippen molar-refractivity contribution in [2.75, 3.05) is 47.5 Å². The molecule has 0 aliphatic heterocycles. The summed E-state index contributed by atoms with van der Waals surface area (Å²) in [6.07, 6.45) is 54.1. The molecule has 62 heavy (non-hydrogen) atoms. The van der Waals surface area contributed by atoms with E-state index in [2.05, 4.69) is 62.5 Å². The summed E-state index contributed by atoms with van der Waals surface area (Å²) >= 11 is 0. The second-order valence-corrected chi connectivity index (χ2v) is 19.2. The van der Waals surface area contributed by atoms with Gasteiger partial charge in [0, 0.05) is 12.8 Å². The van der Waals surface area contributed by atoms with Crippen LogP contribution in [0.3, 0.4) is 0 Å². The van der Waals surface area contributed by atoms with E-state index in [4.69, 9.17) is 18.5 Å². The smallest absolute Gasteiger partial charge is 0.306 e. The summed E-state index contributed by atoms with van der Waals surface area (Å²) in [6, 6.07) is 0. The third-order valence-corrected chi connectivity index (χ3v) is 11.5. The van der Waals surface area contributed by atoms with Gasteiger partial charge >= 0.3 is 11.9 Å². The van der Waals surface area contributed by atoms with Crippen molar-refractivity contribution in [2.24, 2.45) is 0 Å². The third-order valence-electron chi connectivity index (χ3n) is 10.6. The molecule has 0 spiro atoms. The van der Waals surface area contributed by atoms with Crippen LogP contribution in [0.15, 0.2) is 60.8 Å². The second-order valence-electron chi connectivity index (χ2n) is 17.8. The number of unbranched alkanes of at least 4 members (excludes halogenated alkanes) is 21. The van der Waals surface area contributed by atoms with Gasteiger partial charge in [-0.25, -0.2) is 0 Å². The molecule has 0 aliphatic carbocycles. The second kappa shape index (κ2) is 43.9. The minimum Gasteiger partial charge on any atom is -0.756 e. The standard InChI is InChI=1S/C52H94NO8P/c1-6-8-10-12-14-16-18-20-22-24-26-28-30-32-34-36-38-40-42-44-51(54)58-48-50(49-60-62(56,57)59-47-46-53(3,4)5)61-52(55)45-43-41-39-37-35-33-31-29-27-25-23-21-19-17-15-13-11-9-7-2/h14,16,20,22,26,28,32,34,38,40,50H,6-13,15,17-19,21,23-25,27,29-31,33,35-37,39,41-49H2,1-5H3/b16-14+,22-20+,28-26+,34-32+,40-38+/t50-/m1/s1. The van der Waals surface area contributed by atoms with Crippen molar-refractivity contribution < 1.29 is 42.1 Å². The van der Waals surface area contributed by atoms with Crippen molar-refractivity contribution in [1.29, 1.82) is 0 Å². The largest absolute Gasteiger partial charge is 0.756 e. The van der Waals surface area contributed by atoms with Crippen LogP contribution in [-0.2, 0) is 32.7 Å². The van der Waals surface area contributed by atoms with E-state index in [1.807, 2.05) is 33.3 Å². The molecule has 360 valence electrons. The maximum Gasteiger partial charge on any atom is 0.306 e. The highest BCUT2D eigenvalue weighted by Gasteiger charge is 2.21. The molecule has 0 radical (unpaired) electrons. The predicted molar refractivity (Wildman–Crippen MR) is 259 cm³/mol. The maximum absolute atomic E-state index is 12.7. The molecule has 0 N–H and O–H groups in total. The quantitative estimate of drug-likeness (QED) is 0.0195. The highest BCUT2D eigenvalue weighted by Crippen LogP contribution is 2.38. The molecule has 0 aliphatic rings. The van der Waals surface area contributed by atoms with Gasteiger partial charge < -0.3 is 27.9 Å². The van der Waals surface area contributed by atoms with E-state index in [1.54, 1.807) is 0 Å². The lowest BCUT2D eigenvalue weighted by atomic mass is 10.0. The summed E-state index contributed by atoms with van der Waals surface area (Å²) in [5.74, 6) is -0.926. The van der Waals surface area contributed by atoms with Crippen LogP contribution in [0.1, 0.15) is 206 Å². The zero-order valence-corrected chi connectivity index (χ0v) is 41.4. The van der Waals surface area contributed by atoms with Crippen LogP contribution in [0.5, 0.6) is 0 Å². The summed E-state index contributed by atoms with van der Waals surface area (Å²) in [6.45, 7) is 4.13. The molecule has 0 aromatic carbocycles. The first-order valence-corrected chi connectivity index (χ1v) is 26.5. The number of hydrogen-bond acceptors (Lipinski definition) is 8. The lowest BCUT2D eigenvalue weighted by Gasteiger charge is -2.28. The number of carbonyl (C=O) groups is 2. The van der Waals surface area contributed by atoms with Gasteiger partial charge in [-0.15, -0.1) is 0 Å². The highest BCUT2D eigenvalue weighted by molar-refractivity contribution is 7.45. The van der Waals surface area contributed by atoms with Crippen molar-refractivity contribution in [1.82, 2.24) is 0 Å². The summed E-state index contributed by atoms with van der Waals surface area (Å²) in [5.41, 5.74) is 0. The number of hydrogen-bond donors (Lipinski definition) is 0. The Kier molecular flexibility index (Phi) is 42.3. The maximum atomic E-state index is 12.7. The SMILES string of the molecule is CCCCC/C=C/C/C=C/C/C=C/C/C=C/C/C=C/CCC(=O)OC[C@H](COP(=O)([O-])OCC[N+](C)(C)C)OC(=O)CCCCCCCCCCCCCCCCCCCCC. The van der Waals surface area contributed by atoms with Crippen LogP contribution in [0.4, 0.5) is 0 Å². The molecule has 0 amide bonds. The van der Waals surface area contributed by atoms with Crippen LogP contribution < -0.4 is 4.89 Å². The molecule has 0 aromatic heterocycles. The summed E-state index contributed by atoms with van der Waals surface area (Å²) in [7, 11) is 1.13. The predicted octanol–water partition coefficient (Wildman–Crippen LogP) is 14.2. The lowest BCUT2D eigenvalue weighted by molar-refractivity contribution is -0.870. The molecular weight excluding hydrogens is 798 g/mol. The number of quaternary nitrogens is 1. The van der Waals surface area contributed by atoms with Crippen molar-refractivity contribution in [3.05, 3.63) is 60.8 Å². The minimum atomic E-state index is -4.65. The normalized spacial score (nSPS) is 14.0. The molecule has 0 heterocycles. The van der Waals surface area contributed by atoms with E-state index in [9.17, 15) is 19.0 Å². The first-order valence-electron chi connectivity index (χ1n) is 25.0. The first-order chi connectivity index (χ1) is 30.0. The Morgan fingerprint density at radius 2 is 0.903 bits per heavy atom. The number of rotatable bonds is 45. The monoisotopic (exact) mass is 892 g/mol.